The first-order valence-electron chi connectivity index (χ1n) is 4.53. The first-order chi connectivity index (χ1) is 7.59. The normalized spacial score (nSPS) is 12.8. The van der Waals surface area contributed by atoms with Gasteiger partial charge in [-0.3, -0.25) is 0 Å². The van der Waals surface area contributed by atoms with Crippen molar-refractivity contribution in [3.8, 4) is 0 Å². The van der Waals surface area contributed by atoms with Crippen molar-refractivity contribution in [3.05, 3.63) is 55.2 Å². The molecule has 16 heavy (non-hydrogen) atoms. The van der Waals surface area contributed by atoms with Crippen LogP contribution in [0.25, 0.3) is 0 Å². The van der Waals surface area contributed by atoms with Crippen molar-refractivity contribution in [2.45, 2.75) is 6.04 Å². The molecule has 0 saturated carbocycles. The van der Waals surface area contributed by atoms with Crippen LogP contribution in [0.5, 0.6) is 0 Å². The van der Waals surface area contributed by atoms with E-state index in [-0.39, 0.29) is 6.04 Å². The summed E-state index contributed by atoms with van der Waals surface area (Å²) in [5.41, 5.74) is 6.86. The van der Waals surface area contributed by atoms with Gasteiger partial charge in [-0.15, -0.1) is 11.3 Å². The maximum absolute atomic E-state index is 6.11. The van der Waals surface area contributed by atoms with Crippen LogP contribution >= 0.6 is 46.1 Å². The highest BCUT2D eigenvalue weighted by atomic mass is 35.5. The molecule has 1 aromatic carbocycles. The third kappa shape index (κ3) is 2.36. The molecule has 0 bridgehead atoms. The quantitative estimate of drug-likeness (QED) is 0.794. The van der Waals surface area contributed by atoms with E-state index in [1.165, 1.54) is 0 Å². The molecule has 1 nitrogen and oxygen atoms in total. The zero-order chi connectivity index (χ0) is 11.7. The SMILES string of the molecule is N[C@H](c1cccs1)c1cc(Cl)cc(Cl)c1Cl. The molecule has 5 heteroatoms. The standard InChI is InChI=1S/C11H8Cl3NS/c12-6-4-7(10(14)8(13)5-6)11(15)9-2-1-3-16-9/h1-5,11H,15H2/t11-/m0/s1. The number of nitrogens with two attached hydrogens (primary N) is 1. The maximum Gasteiger partial charge on any atom is 0.0661 e. The molecule has 0 unspecified atom stereocenters. The molecular weight excluding hydrogens is 285 g/mol. The molecule has 2 aromatic rings. The van der Waals surface area contributed by atoms with Crippen LogP contribution in [0.2, 0.25) is 15.1 Å². The lowest BCUT2D eigenvalue weighted by atomic mass is 10.1. The van der Waals surface area contributed by atoms with E-state index in [0.29, 0.717) is 15.1 Å². The first kappa shape index (κ1) is 12.2. The van der Waals surface area contributed by atoms with Crippen LogP contribution in [0, 0.1) is 0 Å². The monoisotopic (exact) mass is 291 g/mol. The smallest absolute Gasteiger partial charge is 0.0661 e. The minimum atomic E-state index is -0.288. The van der Waals surface area contributed by atoms with Crippen LogP contribution in [0.1, 0.15) is 16.5 Å². The van der Waals surface area contributed by atoms with Crippen LogP contribution in [0.4, 0.5) is 0 Å². The Morgan fingerprint density at radius 3 is 2.56 bits per heavy atom. The van der Waals surface area contributed by atoms with Gasteiger partial charge in [0, 0.05) is 9.90 Å². The van der Waals surface area contributed by atoms with Crippen molar-refractivity contribution < 1.29 is 0 Å². The van der Waals surface area contributed by atoms with Gasteiger partial charge < -0.3 is 5.73 Å². The highest BCUT2D eigenvalue weighted by molar-refractivity contribution is 7.10. The summed E-state index contributed by atoms with van der Waals surface area (Å²) in [7, 11) is 0. The molecule has 0 radical (unpaired) electrons. The average molecular weight is 293 g/mol. The van der Waals surface area contributed by atoms with E-state index in [4.69, 9.17) is 40.5 Å². The Bertz CT molecular complexity index is 496. The fraction of sp³-hybridized carbons (Fsp3) is 0.0909. The van der Waals surface area contributed by atoms with Gasteiger partial charge in [-0.25, -0.2) is 0 Å². The van der Waals surface area contributed by atoms with E-state index in [0.717, 1.165) is 10.4 Å². The summed E-state index contributed by atoms with van der Waals surface area (Å²) >= 11 is 19.6. The average Bonchev–Trinajstić information content (AvgIpc) is 2.75. The Morgan fingerprint density at radius 2 is 1.94 bits per heavy atom. The van der Waals surface area contributed by atoms with Gasteiger partial charge in [-0.2, -0.15) is 0 Å². The predicted molar refractivity (Wildman–Crippen MR) is 71.8 cm³/mol. The number of halogens is 3. The lowest BCUT2D eigenvalue weighted by Gasteiger charge is -2.13. The Morgan fingerprint density at radius 1 is 1.19 bits per heavy atom. The molecular formula is C11H8Cl3NS. The largest absolute Gasteiger partial charge is 0.320 e. The molecule has 0 fully saturated rings. The number of thiophene rings is 1. The molecule has 0 amide bonds. The summed E-state index contributed by atoms with van der Waals surface area (Å²) < 4.78 is 0. The highest BCUT2D eigenvalue weighted by Gasteiger charge is 2.16. The van der Waals surface area contributed by atoms with Gasteiger partial charge in [0.1, 0.15) is 0 Å². The fourth-order valence-corrected chi connectivity index (χ4v) is 2.90. The molecule has 1 aromatic heterocycles. The van der Waals surface area contributed by atoms with E-state index in [1.54, 1.807) is 23.5 Å². The number of hydrogen-bond donors (Lipinski definition) is 1. The first-order valence-corrected chi connectivity index (χ1v) is 6.54. The van der Waals surface area contributed by atoms with Crippen molar-refractivity contribution in [1.29, 1.82) is 0 Å². The van der Waals surface area contributed by atoms with Gasteiger partial charge in [0.05, 0.1) is 16.1 Å². The van der Waals surface area contributed by atoms with Crippen LogP contribution < -0.4 is 5.73 Å². The van der Waals surface area contributed by atoms with E-state index in [1.807, 2.05) is 17.5 Å². The zero-order valence-corrected chi connectivity index (χ0v) is 11.2. The topological polar surface area (TPSA) is 26.0 Å². The Hall–Kier alpha value is -0.250. The van der Waals surface area contributed by atoms with Gasteiger partial charge in [0.25, 0.3) is 0 Å². The zero-order valence-electron chi connectivity index (χ0n) is 8.08. The number of rotatable bonds is 2. The van der Waals surface area contributed by atoms with Crippen LogP contribution in [-0.4, -0.2) is 0 Å². The lowest BCUT2D eigenvalue weighted by molar-refractivity contribution is 0.894. The van der Waals surface area contributed by atoms with Crippen LogP contribution in [0.3, 0.4) is 0 Å². The molecule has 2 rings (SSSR count). The van der Waals surface area contributed by atoms with E-state index >= 15 is 0 Å². The number of benzene rings is 1. The van der Waals surface area contributed by atoms with E-state index < -0.39 is 0 Å². The summed E-state index contributed by atoms with van der Waals surface area (Å²) in [5.74, 6) is 0. The third-order valence-electron chi connectivity index (χ3n) is 2.21. The molecule has 84 valence electrons. The van der Waals surface area contributed by atoms with Crippen LogP contribution in [-0.2, 0) is 0 Å². The molecule has 1 heterocycles. The summed E-state index contributed by atoms with van der Waals surface area (Å²) in [4.78, 5) is 1.03. The lowest BCUT2D eigenvalue weighted by Crippen LogP contribution is -2.10. The van der Waals surface area contributed by atoms with Crippen LogP contribution in [0.15, 0.2) is 29.6 Å². The molecule has 0 aliphatic heterocycles. The van der Waals surface area contributed by atoms with Gasteiger partial charge >= 0.3 is 0 Å². The second kappa shape index (κ2) is 4.94. The minimum Gasteiger partial charge on any atom is -0.320 e. The Labute approximate surface area is 113 Å². The van der Waals surface area contributed by atoms with Crippen molar-refractivity contribution in [2.75, 3.05) is 0 Å². The Kier molecular flexibility index (Phi) is 3.77. The van der Waals surface area contributed by atoms with Crippen molar-refractivity contribution >= 4 is 46.1 Å². The maximum atomic E-state index is 6.11. The Balaban J connectivity index is 2.48. The van der Waals surface area contributed by atoms with Gasteiger partial charge in [0.15, 0.2) is 0 Å². The minimum absolute atomic E-state index is 0.288. The van der Waals surface area contributed by atoms with Crippen molar-refractivity contribution in [1.82, 2.24) is 0 Å². The molecule has 0 spiro atoms. The van der Waals surface area contributed by atoms with Gasteiger partial charge in [0.2, 0.25) is 0 Å². The molecule has 1 atom stereocenters. The van der Waals surface area contributed by atoms with Gasteiger partial charge in [-0.1, -0.05) is 40.9 Å². The van der Waals surface area contributed by atoms with Gasteiger partial charge in [-0.05, 0) is 29.1 Å². The summed E-state index contributed by atoms with van der Waals surface area (Å²) in [6.45, 7) is 0. The van der Waals surface area contributed by atoms with E-state index in [2.05, 4.69) is 0 Å². The van der Waals surface area contributed by atoms with Crippen molar-refractivity contribution in [2.24, 2.45) is 5.73 Å². The number of hydrogen-bond acceptors (Lipinski definition) is 2. The summed E-state index contributed by atoms with van der Waals surface area (Å²) in [5, 5.41) is 3.40. The van der Waals surface area contributed by atoms with Crippen molar-refractivity contribution in [3.63, 3.8) is 0 Å². The van der Waals surface area contributed by atoms with E-state index in [9.17, 15) is 0 Å². The predicted octanol–water partition coefficient (Wildman–Crippen LogP) is 4.76. The summed E-state index contributed by atoms with van der Waals surface area (Å²) in [6, 6.07) is 6.97. The molecule has 2 N–H and O–H groups in total. The third-order valence-corrected chi connectivity index (χ3v) is 4.20. The molecule has 0 aliphatic rings. The molecule has 0 aliphatic carbocycles. The fourth-order valence-electron chi connectivity index (χ4n) is 1.42. The second-order valence-electron chi connectivity index (χ2n) is 3.28. The second-order valence-corrected chi connectivity index (χ2v) is 5.48. The molecule has 0 saturated heterocycles. The summed E-state index contributed by atoms with van der Waals surface area (Å²) in [6.07, 6.45) is 0. The highest BCUT2D eigenvalue weighted by Crippen LogP contribution is 2.35.